The normalized spacial score (nSPS) is 11.7. The van der Waals surface area contributed by atoms with Crippen LogP contribution < -0.4 is 0 Å². The van der Waals surface area contributed by atoms with Crippen LogP contribution in [0.3, 0.4) is 0 Å². The summed E-state index contributed by atoms with van der Waals surface area (Å²) >= 11 is 0. The molecule has 0 nitrogen and oxygen atoms in total. The first kappa shape index (κ1) is 15.2. The summed E-state index contributed by atoms with van der Waals surface area (Å²) in [4.78, 5) is 0. The van der Waals surface area contributed by atoms with Crippen LogP contribution in [-0.4, -0.2) is 0 Å². The van der Waals surface area contributed by atoms with E-state index in [0.29, 0.717) is 0 Å². The summed E-state index contributed by atoms with van der Waals surface area (Å²) < 4.78 is 0. The Morgan fingerprint density at radius 1 is 0.833 bits per heavy atom. The molecule has 0 spiro atoms. The van der Waals surface area contributed by atoms with Crippen LogP contribution >= 0.6 is 0 Å². The summed E-state index contributed by atoms with van der Waals surface area (Å²) in [5.74, 6) is 0. The number of benzene rings is 3. The standard InChI is InChI=1S/C24H24/c1-3-5-6-7-10-18-15-16-22-23-17(4-2)11-8-13-20(23)21-14-9-12-19(18)24(21)22/h4,8-9,11-16H,2-3,5-7,10H2,1H3. The largest absolute Gasteiger partial charge is 0.0984 e. The van der Waals surface area contributed by atoms with E-state index in [2.05, 4.69) is 62.0 Å². The smallest absolute Gasteiger partial charge is 0.00234 e. The predicted molar refractivity (Wildman–Crippen MR) is 106 cm³/mol. The maximum Gasteiger partial charge on any atom is -0.00234 e. The minimum Gasteiger partial charge on any atom is -0.0984 e. The van der Waals surface area contributed by atoms with Crippen molar-refractivity contribution in [1.29, 1.82) is 0 Å². The van der Waals surface area contributed by atoms with Gasteiger partial charge in [0.1, 0.15) is 0 Å². The fourth-order valence-corrected chi connectivity index (χ4v) is 4.13. The first-order valence-electron chi connectivity index (χ1n) is 9.16. The van der Waals surface area contributed by atoms with E-state index >= 15 is 0 Å². The van der Waals surface area contributed by atoms with E-state index in [9.17, 15) is 0 Å². The molecule has 0 saturated heterocycles. The molecule has 3 aromatic rings. The van der Waals surface area contributed by atoms with Gasteiger partial charge in [0.15, 0.2) is 0 Å². The van der Waals surface area contributed by atoms with Gasteiger partial charge in [-0.05, 0) is 57.0 Å². The van der Waals surface area contributed by atoms with E-state index in [1.807, 2.05) is 6.08 Å². The van der Waals surface area contributed by atoms with E-state index in [4.69, 9.17) is 0 Å². The van der Waals surface area contributed by atoms with E-state index < -0.39 is 0 Å². The first-order valence-corrected chi connectivity index (χ1v) is 9.16. The second kappa shape index (κ2) is 6.28. The lowest BCUT2D eigenvalue weighted by molar-refractivity contribution is 0.668. The highest BCUT2D eigenvalue weighted by Gasteiger charge is 2.23. The Labute approximate surface area is 144 Å². The van der Waals surface area contributed by atoms with Crippen molar-refractivity contribution in [3.05, 3.63) is 66.2 Å². The molecule has 1 aliphatic carbocycles. The van der Waals surface area contributed by atoms with Gasteiger partial charge in [-0.3, -0.25) is 0 Å². The number of aryl methyl sites for hydroxylation is 1. The summed E-state index contributed by atoms with van der Waals surface area (Å²) in [5.41, 5.74) is 8.22. The second-order valence-electron chi connectivity index (χ2n) is 6.78. The average molecular weight is 312 g/mol. The lowest BCUT2D eigenvalue weighted by Gasteiger charge is -2.10. The van der Waals surface area contributed by atoms with Crippen molar-refractivity contribution < 1.29 is 0 Å². The fraction of sp³-hybridized carbons (Fsp3) is 0.250. The van der Waals surface area contributed by atoms with Crippen LogP contribution in [0.4, 0.5) is 0 Å². The molecule has 120 valence electrons. The van der Waals surface area contributed by atoms with Gasteiger partial charge in [0.2, 0.25) is 0 Å². The van der Waals surface area contributed by atoms with Crippen LogP contribution in [0.1, 0.15) is 43.7 Å². The quantitative estimate of drug-likeness (QED) is 0.329. The molecule has 0 heterocycles. The molecule has 0 amide bonds. The molecule has 3 aromatic carbocycles. The number of hydrogen-bond acceptors (Lipinski definition) is 0. The van der Waals surface area contributed by atoms with Crippen molar-refractivity contribution in [1.82, 2.24) is 0 Å². The Kier molecular flexibility index (Phi) is 3.98. The summed E-state index contributed by atoms with van der Waals surface area (Å²) in [5, 5.41) is 2.88. The number of fused-ring (bicyclic) bond motifs is 3. The molecule has 0 heteroatoms. The zero-order valence-corrected chi connectivity index (χ0v) is 14.4. The Morgan fingerprint density at radius 2 is 1.67 bits per heavy atom. The van der Waals surface area contributed by atoms with Crippen LogP contribution in [0.2, 0.25) is 0 Å². The number of unbranched alkanes of at least 4 members (excludes halogenated alkanes) is 3. The molecule has 0 N–H and O–H groups in total. The highest BCUT2D eigenvalue weighted by Crippen LogP contribution is 2.49. The topological polar surface area (TPSA) is 0 Å². The van der Waals surface area contributed by atoms with Crippen LogP contribution in [-0.2, 0) is 6.42 Å². The molecule has 1 aliphatic rings. The molecule has 0 aliphatic heterocycles. The van der Waals surface area contributed by atoms with Crippen molar-refractivity contribution in [2.75, 3.05) is 0 Å². The van der Waals surface area contributed by atoms with Gasteiger partial charge in [0.25, 0.3) is 0 Å². The van der Waals surface area contributed by atoms with E-state index in [1.165, 1.54) is 76.3 Å². The third-order valence-electron chi connectivity index (χ3n) is 5.31. The van der Waals surface area contributed by atoms with Crippen LogP contribution in [0.5, 0.6) is 0 Å². The van der Waals surface area contributed by atoms with Gasteiger partial charge in [0, 0.05) is 0 Å². The molecule has 0 radical (unpaired) electrons. The maximum absolute atomic E-state index is 4.01. The molecule has 0 aromatic heterocycles. The second-order valence-corrected chi connectivity index (χ2v) is 6.78. The van der Waals surface area contributed by atoms with Gasteiger partial charge in [-0.15, -0.1) is 0 Å². The predicted octanol–water partition coefficient (Wildman–Crippen LogP) is 7.25. The highest BCUT2D eigenvalue weighted by molar-refractivity contribution is 6.17. The molecule has 4 rings (SSSR count). The molecule has 0 fully saturated rings. The van der Waals surface area contributed by atoms with Crippen molar-refractivity contribution in [3.8, 4) is 22.3 Å². The molecular weight excluding hydrogens is 288 g/mol. The van der Waals surface area contributed by atoms with Crippen LogP contribution in [0.25, 0.3) is 39.1 Å². The van der Waals surface area contributed by atoms with Gasteiger partial charge in [-0.1, -0.05) is 87.4 Å². The SMILES string of the molecule is C=Cc1cccc2c1-c1ccc(CCCCCC)c3cccc-2c13. The molecule has 0 bridgehead atoms. The van der Waals surface area contributed by atoms with Gasteiger partial charge in [-0.25, -0.2) is 0 Å². The summed E-state index contributed by atoms with van der Waals surface area (Å²) in [6, 6.07) is 18.0. The van der Waals surface area contributed by atoms with E-state index in [1.54, 1.807) is 0 Å². The zero-order chi connectivity index (χ0) is 16.5. The highest BCUT2D eigenvalue weighted by atomic mass is 14.3. The minimum atomic E-state index is 1.19. The van der Waals surface area contributed by atoms with Crippen molar-refractivity contribution in [2.24, 2.45) is 0 Å². The van der Waals surface area contributed by atoms with E-state index in [0.717, 1.165) is 0 Å². The monoisotopic (exact) mass is 312 g/mol. The number of rotatable bonds is 6. The molecular formula is C24H24. The van der Waals surface area contributed by atoms with Gasteiger partial charge < -0.3 is 0 Å². The van der Waals surface area contributed by atoms with Crippen molar-refractivity contribution >= 4 is 16.8 Å². The summed E-state index contributed by atoms with van der Waals surface area (Å²) in [7, 11) is 0. The average Bonchev–Trinajstić information content (AvgIpc) is 2.96. The summed E-state index contributed by atoms with van der Waals surface area (Å²) in [6.07, 6.45) is 8.43. The minimum absolute atomic E-state index is 1.19. The lowest BCUT2D eigenvalue weighted by Crippen LogP contribution is -1.89. The molecule has 24 heavy (non-hydrogen) atoms. The fourth-order valence-electron chi connectivity index (χ4n) is 4.13. The lowest BCUT2D eigenvalue weighted by atomic mass is 9.94. The Bertz CT molecular complexity index is 915. The third kappa shape index (κ3) is 2.29. The third-order valence-corrected chi connectivity index (χ3v) is 5.31. The molecule has 0 atom stereocenters. The van der Waals surface area contributed by atoms with Gasteiger partial charge in [-0.2, -0.15) is 0 Å². The Morgan fingerprint density at radius 3 is 2.50 bits per heavy atom. The molecule has 0 saturated carbocycles. The first-order chi connectivity index (χ1) is 11.8. The van der Waals surface area contributed by atoms with Crippen molar-refractivity contribution in [2.45, 2.75) is 39.0 Å². The zero-order valence-electron chi connectivity index (χ0n) is 14.4. The van der Waals surface area contributed by atoms with E-state index in [-0.39, 0.29) is 0 Å². The van der Waals surface area contributed by atoms with Crippen LogP contribution in [0, 0.1) is 0 Å². The van der Waals surface area contributed by atoms with Crippen LogP contribution in [0.15, 0.2) is 55.1 Å². The number of hydrogen-bond donors (Lipinski definition) is 0. The van der Waals surface area contributed by atoms with Gasteiger partial charge in [0.05, 0.1) is 0 Å². The Balaban J connectivity index is 1.85. The van der Waals surface area contributed by atoms with Gasteiger partial charge >= 0.3 is 0 Å². The van der Waals surface area contributed by atoms with Crippen molar-refractivity contribution in [3.63, 3.8) is 0 Å². The summed E-state index contributed by atoms with van der Waals surface area (Å²) in [6.45, 7) is 6.28. The Hall–Kier alpha value is -2.34. The molecule has 0 unspecified atom stereocenters. The maximum atomic E-state index is 4.01.